The predicted octanol–water partition coefficient (Wildman–Crippen LogP) is 1.42. The molecular formula is C8H7O. The van der Waals surface area contributed by atoms with E-state index in [1.807, 2.05) is 18.2 Å². The standard InChI is InChI=1S/C8H7O/c1-2-4-8-7(3-1)5-6-9-8/h2-4H,5-6H2. The van der Waals surface area contributed by atoms with Gasteiger partial charge in [-0.2, -0.15) is 0 Å². The maximum Gasteiger partial charge on any atom is 0.122 e. The van der Waals surface area contributed by atoms with Crippen LogP contribution in [0.5, 0.6) is 5.75 Å². The van der Waals surface area contributed by atoms with Gasteiger partial charge in [-0.05, 0) is 23.8 Å². The highest BCUT2D eigenvalue weighted by molar-refractivity contribution is 5.35. The highest BCUT2D eigenvalue weighted by atomic mass is 16.5. The molecule has 0 bridgehead atoms. The van der Waals surface area contributed by atoms with E-state index >= 15 is 0 Å². The molecule has 1 nitrogen and oxygen atoms in total. The third kappa shape index (κ3) is 0.689. The van der Waals surface area contributed by atoms with Crippen molar-refractivity contribution in [2.24, 2.45) is 0 Å². The van der Waals surface area contributed by atoms with Crippen LogP contribution >= 0.6 is 0 Å². The Morgan fingerprint density at radius 3 is 3.44 bits per heavy atom. The molecule has 45 valence electrons. The fraction of sp³-hybridized carbons (Fsp3) is 0.250. The van der Waals surface area contributed by atoms with Crippen LogP contribution in [0.2, 0.25) is 0 Å². The van der Waals surface area contributed by atoms with Crippen LogP contribution in [-0.4, -0.2) is 6.61 Å². The molecule has 0 amide bonds. The van der Waals surface area contributed by atoms with Crippen LogP contribution in [0.1, 0.15) is 5.56 Å². The molecule has 0 fully saturated rings. The number of hydrogen-bond acceptors (Lipinski definition) is 1. The third-order valence-corrected chi connectivity index (χ3v) is 1.53. The molecule has 0 aromatic heterocycles. The van der Waals surface area contributed by atoms with E-state index in [0.29, 0.717) is 0 Å². The average molecular weight is 119 g/mol. The molecule has 1 heterocycles. The van der Waals surface area contributed by atoms with Gasteiger partial charge in [0.1, 0.15) is 5.75 Å². The lowest BCUT2D eigenvalue weighted by molar-refractivity contribution is 0.357. The molecule has 1 aromatic rings. The van der Waals surface area contributed by atoms with Gasteiger partial charge in [-0.3, -0.25) is 0 Å². The second-order valence-electron chi connectivity index (χ2n) is 2.13. The topological polar surface area (TPSA) is 9.23 Å². The maximum atomic E-state index is 5.28. The van der Waals surface area contributed by atoms with Gasteiger partial charge in [0, 0.05) is 6.42 Å². The fourth-order valence-corrected chi connectivity index (χ4v) is 1.06. The molecule has 1 heteroatoms. The van der Waals surface area contributed by atoms with Crippen LogP contribution in [0, 0.1) is 6.07 Å². The van der Waals surface area contributed by atoms with Crippen LogP contribution in [0.3, 0.4) is 0 Å². The highest BCUT2D eigenvalue weighted by Crippen LogP contribution is 2.22. The summed E-state index contributed by atoms with van der Waals surface area (Å²) in [4.78, 5) is 0. The van der Waals surface area contributed by atoms with E-state index in [2.05, 4.69) is 6.07 Å². The zero-order chi connectivity index (χ0) is 6.10. The van der Waals surface area contributed by atoms with Crippen molar-refractivity contribution < 1.29 is 4.74 Å². The minimum Gasteiger partial charge on any atom is -0.493 e. The Hall–Kier alpha value is -0.980. The molecule has 0 spiro atoms. The molecule has 0 aliphatic carbocycles. The van der Waals surface area contributed by atoms with Gasteiger partial charge in [-0.1, -0.05) is 6.07 Å². The van der Waals surface area contributed by atoms with Gasteiger partial charge >= 0.3 is 0 Å². The normalized spacial score (nSPS) is 14.7. The summed E-state index contributed by atoms with van der Waals surface area (Å²) in [5, 5.41) is 0. The first-order valence-corrected chi connectivity index (χ1v) is 3.08. The van der Waals surface area contributed by atoms with E-state index in [4.69, 9.17) is 4.74 Å². The molecule has 1 radical (unpaired) electrons. The van der Waals surface area contributed by atoms with Gasteiger partial charge in [0.25, 0.3) is 0 Å². The first-order chi connectivity index (χ1) is 4.47. The highest BCUT2D eigenvalue weighted by Gasteiger charge is 2.08. The summed E-state index contributed by atoms with van der Waals surface area (Å²) in [7, 11) is 0. The Morgan fingerprint density at radius 1 is 1.56 bits per heavy atom. The third-order valence-electron chi connectivity index (χ3n) is 1.53. The van der Waals surface area contributed by atoms with Gasteiger partial charge < -0.3 is 4.74 Å². The van der Waals surface area contributed by atoms with Crippen molar-refractivity contribution in [2.75, 3.05) is 6.61 Å². The van der Waals surface area contributed by atoms with E-state index in [9.17, 15) is 0 Å². The molecule has 1 aliphatic heterocycles. The van der Waals surface area contributed by atoms with E-state index in [1.165, 1.54) is 5.56 Å². The van der Waals surface area contributed by atoms with Crippen molar-refractivity contribution >= 4 is 0 Å². The summed E-state index contributed by atoms with van der Waals surface area (Å²) < 4.78 is 5.28. The lowest BCUT2D eigenvalue weighted by atomic mass is 10.2. The second-order valence-corrected chi connectivity index (χ2v) is 2.13. The summed E-state index contributed by atoms with van der Waals surface area (Å²) in [6.07, 6.45) is 1.05. The average Bonchev–Trinajstić information content (AvgIpc) is 2.33. The maximum absolute atomic E-state index is 5.28. The van der Waals surface area contributed by atoms with Gasteiger partial charge in [-0.15, -0.1) is 0 Å². The summed E-state index contributed by atoms with van der Waals surface area (Å²) in [6, 6.07) is 8.84. The molecule has 0 saturated carbocycles. The number of rotatable bonds is 0. The van der Waals surface area contributed by atoms with Crippen LogP contribution < -0.4 is 4.74 Å². The number of fused-ring (bicyclic) bond motifs is 1. The summed E-state index contributed by atoms with van der Waals surface area (Å²) >= 11 is 0. The predicted molar refractivity (Wildman–Crippen MR) is 34.5 cm³/mol. The Bertz CT molecular complexity index is 195. The Balaban J connectivity index is 2.54. The van der Waals surface area contributed by atoms with E-state index in [-0.39, 0.29) is 0 Å². The van der Waals surface area contributed by atoms with Crippen molar-refractivity contribution in [2.45, 2.75) is 6.42 Å². The minimum atomic E-state index is 0.840. The van der Waals surface area contributed by atoms with Gasteiger partial charge in [0.2, 0.25) is 0 Å². The minimum absolute atomic E-state index is 0.840. The van der Waals surface area contributed by atoms with Crippen LogP contribution in [0.15, 0.2) is 18.2 Å². The van der Waals surface area contributed by atoms with Crippen molar-refractivity contribution in [1.82, 2.24) is 0 Å². The van der Waals surface area contributed by atoms with Crippen molar-refractivity contribution in [3.8, 4) is 5.75 Å². The van der Waals surface area contributed by atoms with E-state index in [0.717, 1.165) is 18.8 Å². The molecule has 0 N–H and O–H groups in total. The second kappa shape index (κ2) is 1.76. The summed E-state index contributed by atoms with van der Waals surface area (Å²) in [5.41, 5.74) is 1.29. The molecule has 0 saturated heterocycles. The summed E-state index contributed by atoms with van der Waals surface area (Å²) in [5.74, 6) is 1.04. The van der Waals surface area contributed by atoms with E-state index in [1.54, 1.807) is 0 Å². The zero-order valence-electron chi connectivity index (χ0n) is 5.05. The van der Waals surface area contributed by atoms with Crippen LogP contribution in [0.25, 0.3) is 0 Å². The first-order valence-electron chi connectivity index (χ1n) is 3.08. The number of benzene rings is 1. The SMILES string of the molecule is [c]1ccc2c(c1)CCO2. The monoisotopic (exact) mass is 119 g/mol. The van der Waals surface area contributed by atoms with Gasteiger partial charge in [0.15, 0.2) is 0 Å². The fourth-order valence-electron chi connectivity index (χ4n) is 1.06. The molecule has 0 unspecified atom stereocenters. The molecule has 9 heavy (non-hydrogen) atoms. The first kappa shape index (κ1) is 4.86. The Labute approximate surface area is 54.3 Å². The molecule has 1 aliphatic rings. The Kier molecular flexibility index (Phi) is 0.950. The van der Waals surface area contributed by atoms with Gasteiger partial charge in [-0.25, -0.2) is 0 Å². The lowest BCUT2D eigenvalue weighted by Gasteiger charge is -1.93. The molecule has 0 atom stereocenters. The molecule has 2 rings (SSSR count). The Morgan fingerprint density at radius 2 is 2.56 bits per heavy atom. The largest absolute Gasteiger partial charge is 0.493 e. The summed E-state index contributed by atoms with van der Waals surface area (Å²) in [6.45, 7) is 0.840. The van der Waals surface area contributed by atoms with Crippen molar-refractivity contribution in [3.63, 3.8) is 0 Å². The quantitative estimate of drug-likeness (QED) is 0.502. The number of ether oxygens (including phenoxy) is 1. The smallest absolute Gasteiger partial charge is 0.122 e. The van der Waals surface area contributed by atoms with Crippen LogP contribution in [0.4, 0.5) is 0 Å². The molecule has 1 aromatic carbocycles. The molecular weight excluding hydrogens is 112 g/mol. The van der Waals surface area contributed by atoms with Crippen LogP contribution in [-0.2, 0) is 6.42 Å². The van der Waals surface area contributed by atoms with Crippen molar-refractivity contribution in [1.29, 1.82) is 0 Å². The number of hydrogen-bond donors (Lipinski definition) is 0. The zero-order valence-corrected chi connectivity index (χ0v) is 5.05. The van der Waals surface area contributed by atoms with E-state index < -0.39 is 0 Å². The van der Waals surface area contributed by atoms with Crippen molar-refractivity contribution in [3.05, 3.63) is 29.8 Å². The van der Waals surface area contributed by atoms with Gasteiger partial charge in [0.05, 0.1) is 6.61 Å². The lowest BCUT2D eigenvalue weighted by Crippen LogP contribution is -1.85.